The average molecular weight is 257 g/mol. The lowest BCUT2D eigenvalue weighted by Gasteiger charge is -2.22. The standard InChI is InChI=1S/C14H31N3O/c1-14(18)6-11-17-10-5-9-16(12-13-17)8-4-2-3-7-15/h14,18H,2-13,15H2,1H3. The molecule has 18 heavy (non-hydrogen) atoms. The van der Waals surface area contributed by atoms with Crippen molar-refractivity contribution in [2.45, 2.75) is 45.1 Å². The first-order valence-corrected chi connectivity index (χ1v) is 7.55. The van der Waals surface area contributed by atoms with Gasteiger partial charge in [-0.05, 0) is 58.8 Å². The molecule has 0 amide bonds. The van der Waals surface area contributed by atoms with Crippen molar-refractivity contribution < 1.29 is 5.11 Å². The van der Waals surface area contributed by atoms with Crippen LogP contribution in [0.5, 0.6) is 0 Å². The van der Waals surface area contributed by atoms with Crippen molar-refractivity contribution in [3.63, 3.8) is 0 Å². The van der Waals surface area contributed by atoms with Crippen molar-refractivity contribution >= 4 is 0 Å². The highest BCUT2D eigenvalue weighted by atomic mass is 16.3. The summed E-state index contributed by atoms with van der Waals surface area (Å²) in [6.45, 7) is 9.73. The van der Waals surface area contributed by atoms with E-state index in [-0.39, 0.29) is 6.10 Å². The Hall–Kier alpha value is -0.160. The normalized spacial score (nSPS) is 20.8. The summed E-state index contributed by atoms with van der Waals surface area (Å²) >= 11 is 0. The zero-order chi connectivity index (χ0) is 13.2. The van der Waals surface area contributed by atoms with Gasteiger partial charge >= 0.3 is 0 Å². The van der Waals surface area contributed by atoms with E-state index in [0.29, 0.717) is 0 Å². The van der Waals surface area contributed by atoms with Crippen LogP contribution in [-0.4, -0.2) is 66.8 Å². The van der Waals surface area contributed by atoms with Crippen molar-refractivity contribution in [2.75, 3.05) is 45.8 Å². The first-order valence-electron chi connectivity index (χ1n) is 7.55. The molecule has 0 aromatic rings. The van der Waals surface area contributed by atoms with Gasteiger partial charge in [0.15, 0.2) is 0 Å². The predicted molar refractivity (Wildman–Crippen MR) is 76.7 cm³/mol. The van der Waals surface area contributed by atoms with Gasteiger partial charge in [-0.25, -0.2) is 0 Å². The van der Waals surface area contributed by atoms with Gasteiger partial charge in [0.05, 0.1) is 6.10 Å². The number of hydrogen-bond donors (Lipinski definition) is 2. The van der Waals surface area contributed by atoms with Gasteiger partial charge in [-0.1, -0.05) is 6.42 Å². The first-order chi connectivity index (χ1) is 8.72. The van der Waals surface area contributed by atoms with Crippen LogP contribution in [0.2, 0.25) is 0 Å². The van der Waals surface area contributed by atoms with Crippen LogP contribution in [0.1, 0.15) is 39.0 Å². The van der Waals surface area contributed by atoms with Crippen LogP contribution in [0.25, 0.3) is 0 Å². The zero-order valence-electron chi connectivity index (χ0n) is 12.0. The first kappa shape index (κ1) is 15.9. The van der Waals surface area contributed by atoms with Crippen LogP contribution in [-0.2, 0) is 0 Å². The summed E-state index contributed by atoms with van der Waals surface area (Å²) in [6, 6.07) is 0. The molecule has 0 radical (unpaired) electrons. The summed E-state index contributed by atoms with van der Waals surface area (Å²) in [6.07, 6.45) is 5.70. The lowest BCUT2D eigenvalue weighted by molar-refractivity contribution is 0.156. The minimum Gasteiger partial charge on any atom is -0.393 e. The Balaban J connectivity index is 2.12. The van der Waals surface area contributed by atoms with Crippen LogP contribution < -0.4 is 5.73 Å². The molecule has 1 saturated heterocycles. The zero-order valence-corrected chi connectivity index (χ0v) is 12.0. The third-order valence-corrected chi connectivity index (χ3v) is 3.72. The molecule has 4 nitrogen and oxygen atoms in total. The predicted octanol–water partition coefficient (Wildman–Crippen LogP) is 0.894. The molecule has 0 aromatic carbocycles. The van der Waals surface area contributed by atoms with E-state index in [1.807, 2.05) is 6.92 Å². The number of nitrogens with zero attached hydrogens (tertiary/aromatic N) is 2. The lowest BCUT2D eigenvalue weighted by atomic mass is 10.2. The monoisotopic (exact) mass is 257 g/mol. The molecule has 1 atom stereocenters. The number of hydrogen-bond acceptors (Lipinski definition) is 4. The van der Waals surface area contributed by atoms with E-state index >= 15 is 0 Å². The van der Waals surface area contributed by atoms with Gasteiger partial charge in [-0.2, -0.15) is 0 Å². The van der Waals surface area contributed by atoms with E-state index in [2.05, 4.69) is 9.80 Å². The van der Waals surface area contributed by atoms with Crippen molar-refractivity contribution in [3.8, 4) is 0 Å². The highest BCUT2D eigenvalue weighted by Crippen LogP contribution is 2.06. The number of rotatable bonds is 8. The van der Waals surface area contributed by atoms with Crippen LogP contribution >= 0.6 is 0 Å². The summed E-state index contributed by atoms with van der Waals surface area (Å²) < 4.78 is 0. The quantitative estimate of drug-likeness (QED) is 0.634. The molecule has 0 spiro atoms. The lowest BCUT2D eigenvalue weighted by Crippen LogP contribution is -2.32. The highest BCUT2D eigenvalue weighted by Gasteiger charge is 2.14. The molecular formula is C14H31N3O. The Morgan fingerprint density at radius 2 is 1.67 bits per heavy atom. The Morgan fingerprint density at radius 3 is 2.28 bits per heavy atom. The van der Waals surface area contributed by atoms with Crippen LogP contribution in [0.4, 0.5) is 0 Å². The molecule has 3 N–H and O–H groups in total. The molecule has 0 saturated carbocycles. The number of aliphatic hydroxyl groups excluding tert-OH is 1. The molecular weight excluding hydrogens is 226 g/mol. The fourth-order valence-electron chi connectivity index (χ4n) is 2.50. The molecule has 108 valence electrons. The molecule has 0 aliphatic carbocycles. The molecule has 1 fully saturated rings. The minimum atomic E-state index is -0.166. The maximum atomic E-state index is 9.32. The van der Waals surface area contributed by atoms with E-state index < -0.39 is 0 Å². The van der Waals surface area contributed by atoms with Crippen molar-refractivity contribution in [1.29, 1.82) is 0 Å². The Bertz CT molecular complexity index is 199. The number of aliphatic hydroxyl groups is 1. The summed E-state index contributed by atoms with van der Waals surface area (Å²) in [4.78, 5) is 5.07. The largest absolute Gasteiger partial charge is 0.393 e. The van der Waals surface area contributed by atoms with Gasteiger partial charge in [0.1, 0.15) is 0 Å². The van der Waals surface area contributed by atoms with E-state index in [1.165, 1.54) is 45.4 Å². The van der Waals surface area contributed by atoms with Gasteiger partial charge in [0, 0.05) is 19.6 Å². The second kappa shape index (κ2) is 9.73. The van der Waals surface area contributed by atoms with Crippen LogP contribution in [0.3, 0.4) is 0 Å². The molecule has 1 unspecified atom stereocenters. The molecule has 1 heterocycles. The van der Waals surface area contributed by atoms with Crippen molar-refractivity contribution in [3.05, 3.63) is 0 Å². The van der Waals surface area contributed by atoms with Crippen molar-refractivity contribution in [1.82, 2.24) is 9.80 Å². The number of nitrogens with two attached hydrogens (primary N) is 1. The van der Waals surface area contributed by atoms with E-state index in [9.17, 15) is 5.11 Å². The van der Waals surface area contributed by atoms with E-state index in [0.717, 1.165) is 32.5 Å². The number of unbranched alkanes of at least 4 members (excludes halogenated alkanes) is 2. The minimum absolute atomic E-state index is 0.166. The molecule has 0 aromatic heterocycles. The Morgan fingerprint density at radius 1 is 1.00 bits per heavy atom. The molecule has 4 heteroatoms. The van der Waals surface area contributed by atoms with E-state index in [4.69, 9.17) is 5.73 Å². The topological polar surface area (TPSA) is 52.7 Å². The summed E-state index contributed by atoms with van der Waals surface area (Å²) in [5.74, 6) is 0. The van der Waals surface area contributed by atoms with Gasteiger partial charge in [-0.15, -0.1) is 0 Å². The molecule has 0 bridgehead atoms. The second-order valence-corrected chi connectivity index (χ2v) is 5.52. The van der Waals surface area contributed by atoms with Crippen LogP contribution in [0, 0.1) is 0 Å². The molecule has 1 aliphatic heterocycles. The summed E-state index contributed by atoms with van der Waals surface area (Å²) in [5, 5.41) is 9.32. The maximum Gasteiger partial charge on any atom is 0.0524 e. The average Bonchev–Trinajstić information content (AvgIpc) is 2.57. The van der Waals surface area contributed by atoms with Crippen molar-refractivity contribution in [2.24, 2.45) is 5.73 Å². The summed E-state index contributed by atoms with van der Waals surface area (Å²) in [7, 11) is 0. The van der Waals surface area contributed by atoms with Gasteiger partial charge < -0.3 is 20.6 Å². The van der Waals surface area contributed by atoms with Gasteiger partial charge in [0.25, 0.3) is 0 Å². The van der Waals surface area contributed by atoms with Gasteiger partial charge in [-0.3, -0.25) is 0 Å². The van der Waals surface area contributed by atoms with Gasteiger partial charge in [0.2, 0.25) is 0 Å². The SMILES string of the molecule is CC(O)CCN1CCCN(CCCCCN)CC1. The third-order valence-electron chi connectivity index (χ3n) is 3.72. The Labute approximate surface area is 112 Å². The van der Waals surface area contributed by atoms with E-state index in [1.54, 1.807) is 0 Å². The molecule has 1 rings (SSSR count). The maximum absolute atomic E-state index is 9.32. The summed E-state index contributed by atoms with van der Waals surface area (Å²) in [5.41, 5.74) is 5.51. The third kappa shape index (κ3) is 7.31. The smallest absolute Gasteiger partial charge is 0.0524 e. The van der Waals surface area contributed by atoms with Crippen LogP contribution in [0.15, 0.2) is 0 Å². The Kier molecular flexibility index (Phi) is 8.59. The highest BCUT2D eigenvalue weighted by molar-refractivity contribution is 4.70. The molecule has 1 aliphatic rings. The fraction of sp³-hybridized carbons (Fsp3) is 1.00. The second-order valence-electron chi connectivity index (χ2n) is 5.52. The fourth-order valence-corrected chi connectivity index (χ4v) is 2.50.